The van der Waals surface area contributed by atoms with Gasteiger partial charge in [0.05, 0.1) is 12.6 Å². The van der Waals surface area contributed by atoms with E-state index in [-0.39, 0.29) is 11.6 Å². The van der Waals surface area contributed by atoms with Crippen molar-refractivity contribution in [1.82, 2.24) is 4.90 Å². The number of ether oxygens (including phenoxy) is 1. The number of carbonyl (C=O) groups excluding carboxylic acids is 1. The van der Waals surface area contributed by atoms with Gasteiger partial charge in [0.15, 0.2) is 0 Å². The molecule has 16 heavy (non-hydrogen) atoms. The Morgan fingerprint density at radius 3 is 2.69 bits per heavy atom. The van der Waals surface area contributed by atoms with E-state index < -0.39 is 0 Å². The highest BCUT2D eigenvalue weighted by Gasteiger charge is 2.38. The molecule has 1 aliphatic rings. The van der Waals surface area contributed by atoms with Crippen LogP contribution in [-0.4, -0.2) is 18.1 Å². The Kier molecular flexibility index (Phi) is 2.69. The fourth-order valence-electron chi connectivity index (χ4n) is 2.07. The third kappa shape index (κ3) is 1.58. The summed E-state index contributed by atoms with van der Waals surface area (Å²) >= 11 is 0. The highest BCUT2D eigenvalue weighted by molar-refractivity contribution is 5.71. The minimum absolute atomic E-state index is 0.319. The summed E-state index contributed by atoms with van der Waals surface area (Å²) in [4.78, 5) is 13.3. The van der Waals surface area contributed by atoms with Crippen molar-refractivity contribution in [1.29, 1.82) is 0 Å². The molecule has 0 aliphatic carbocycles. The van der Waals surface area contributed by atoms with Gasteiger partial charge in [0.25, 0.3) is 0 Å². The zero-order chi connectivity index (χ0) is 11.6. The maximum atomic E-state index is 11.7. The van der Waals surface area contributed by atoms with Crippen LogP contribution in [0.3, 0.4) is 0 Å². The van der Waals surface area contributed by atoms with Gasteiger partial charge in [0.2, 0.25) is 0 Å². The number of nitrogens with zero attached hydrogens (tertiary/aromatic N) is 1. The average molecular weight is 217 g/mol. The molecule has 2 rings (SSSR count). The summed E-state index contributed by atoms with van der Waals surface area (Å²) in [6.07, 6.45) is 4.27. The lowest BCUT2D eigenvalue weighted by atomic mass is 9.89. The average Bonchev–Trinajstić information content (AvgIpc) is 2.73. The first-order valence-electron chi connectivity index (χ1n) is 5.28. The maximum Gasteiger partial charge on any atom is 0.414 e. The molecule has 1 aromatic carbocycles. The van der Waals surface area contributed by atoms with Gasteiger partial charge in [0, 0.05) is 6.20 Å². The lowest BCUT2D eigenvalue weighted by Crippen LogP contribution is -2.41. The number of methoxy groups -OCH3 is 1. The van der Waals surface area contributed by atoms with Crippen molar-refractivity contribution in [3.8, 4) is 0 Å². The second-order valence-electron chi connectivity index (χ2n) is 4.07. The van der Waals surface area contributed by atoms with Crippen LogP contribution in [0.1, 0.15) is 18.9 Å². The molecule has 0 aromatic heterocycles. The number of hydrogen-bond donors (Lipinski definition) is 0. The second-order valence-corrected chi connectivity index (χ2v) is 4.07. The van der Waals surface area contributed by atoms with Gasteiger partial charge in [-0.25, -0.2) is 4.79 Å². The van der Waals surface area contributed by atoms with Crippen molar-refractivity contribution in [3.63, 3.8) is 0 Å². The van der Waals surface area contributed by atoms with Crippen LogP contribution in [0.5, 0.6) is 0 Å². The molecule has 1 aromatic rings. The Hall–Kier alpha value is -1.77. The van der Waals surface area contributed by atoms with E-state index in [1.54, 1.807) is 11.1 Å². The molecular weight excluding hydrogens is 202 g/mol. The van der Waals surface area contributed by atoms with E-state index in [1.807, 2.05) is 43.3 Å². The SMILES string of the molecule is COC(=O)N1C=CCC1(C)c1ccccc1. The van der Waals surface area contributed by atoms with E-state index in [4.69, 9.17) is 4.74 Å². The fourth-order valence-corrected chi connectivity index (χ4v) is 2.07. The quantitative estimate of drug-likeness (QED) is 0.723. The molecule has 1 atom stereocenters. The summed E-state index contributed by atoms with van der Waals surface area (Å²) in [5, 5.41) is 0. The van der Waals surface area contributed by atoms with E-state index in [1.165, 1.54) is 7.11 Å². The van der Waals surface area contributed by atoms with Crippen LogP contribution in [-0.2, 0) is 10.3 Å². The summed E-state index contributed by atoms with van der Waals surface area (Å²) in [6, 6.07) is 9.99. The maximum absolute atomic E-state index is 11.7. The summed E-state index contributed by atoms with van der Waals surface area (Å²) < 4.78 is 4.79. The smallest absolute Gasteiger partial charge is 0.414 e. The van der Waals surface area contributed by atoms with Crippen molar-refractivity contribution in [2.45, 2.75) is 18.9 Å². The predicted octanol–water partition coefficient (Wildman–Crippen LogP) is 2.89. The second kappa shape index (κ2) is 4.00. The highest BCUT2D eigenvalue weighted by Crippen LogP contribution is 2.37. The molecule has 0 N–H and O–H groups in total. The Morgan fingerprint density at radius 1 is 1.38 bits per heavy atom. The van der Waals surface area contributed by atoms with E-state index >= 15 is 0 Å². The first-order valence-corrected chi connectivity index (χ1v) is 5.28. The Bertz CT molecular complexity index is 413. The topological polar surface area (TPSA) is 29.5 Å². The summed E-state index contributed by atoms with van der Waals surface area (Å²) in [6.45, 7) is 2.04. The first-order chi connectivity index (χ1) is 7.68. The monoisotopic (exact) mass is 217 g/mol. The van der Waals surface area contributed by atoms with Crippen molar-refractivity contribution in [3.05, 3.63) is 48.2 Å². The molecule has 3 heteroatoms. The number of benzene rings is 1. The molecule has 84 valence electrons. The van der Waals surface area contributed by atoms with Crippen molar-refractivity contribution in [2.24, 2.45) is 0 Å². The fraction of sp³-hybridized carbons (Fsp3) is 0.308. The Labute approximate surface area is 95.3 Å². The van der Waals surface area contributed by atoms with Gasteiger partial charge in [-0.1, -0.05) is 36.4 Å². The molecule has 0 saturated carbocycles. The number of amides is 1. The molecule has 3 nitrogen and oxygen atoms in total. The predicted molar refractivity (Wildman–Crippen MR) is 61.8 cm³/mol. The van der Waals surface area contributed by atoms with Gasteiger partial charge in [-0.05, 0) is 18.9 Å². The van der Waals surface area contributed by atoms with Gasteiger partial charge in [-0.3, -0.25) is 4.90 Å². The summed E-state index contributed by atoms with van der Waals surface area (Å²) in [5.74, 6) is 0. The van der Waals surface area contributed by atoms with Gasteiger partial charge >= 0.3 is 6.09 Å². The van der Waals surface area contributed by atoms with E-state index in [0.717, 1.165) is 12.0 Å². The summed E-state index contributed by atoms with van der Waals surface area (Å²) in [7, 11) is 1.40. The Morgan fingerprint density at radius 2 is 2.06 bits per heavy atom. The van der Waals surface area contributed by atoms with Crippen molar-refractivity contribution in [2.75, 3.05) is 7.11 Å². The molecule has 0 spiro atoms. The van der Waals surface area contributed by atoms with Crippen LogP contribution in [0.2, 0.25) is 0 Å². The molecule has 1 heterocycles. The molecule has 0 radical (unpaired) electrons. The van der Waals surface area contributed by atoms with Gasteiger partial charge in [0.1, 0.15) is 0 Å². The van der Waals surface area contributed by atoms with Crippen LogP contribution >= 0.6 is 0 Å². The first kappa shape index (κ1) is 10.7. The molecule has 1 unspecified atom stereocenters. The lowest BCUT2D eigenvalue weighted by molar-refractivity contribution is 0.105. The third-order valence-electron chi connectivity index (χ3n) is 3.07. The number of hydrogen-bond acceptors (Lipinski definition) is 2. The van der Waals surface area contributed by atoms with Crippen molar-refractivity contribution < 1.29 is 9.53 Å². The van der Waals surface area contributed by atoms with Crippen LogP contribution in [0.25, 0.3) is 0 Å². The van der Waals surface area contributed by atoms with E-state index in [0.29, 0.717) is 0 Å². The van der Waals surface area contributed by atoms with Crippen LogP contribution in [0, 0.1) is 0 Å². The molecule has 0 bridgehead atoms. The molecule has 0 saturated heterocycles. The molecular formula is C13H15NO2. The summed E-state index contributed by atoms with van der Waals surface area (Å²) in [5.41, 5.74) is 0.791. The van der Waals surface area contributed by atoms with Crippen LogP contribution < -0.4 is 0 Å². The van der Waals surface area contributed by atoms with E-state index in [2.05, 4.69) is 0 Å². The van der Waals surface area contributed by atoms with Gasteiger partial charge in [-0.15, -0.1) is 0 Å². The standard InChI is InChI=1S/C13H15NO2/c1-13(11-7-4-3-5-8-11)9-6-10-14(13)12(15)16-2/h3-8,10H,9H2,1-2H3. The Balaban J connectivity index is 2.35. The van der Waals surface area contributed by atoms with Crippen molar-refractivity contribution >= 4 is 6.09 Å². The van der Waals surface area contributed by atoms with Crippen LogP contribution in [0.4, 0.5) is 4.79 Å². The number of carbonyl (C=O) groups is 1. The zero-order valence-corrected chi connectivity index (χ0v) is 9.51. The van der Waals surface area contributed by atoms with Crippen LogP contribution in [0.15, 0.2) is 42.6 Å². The molecule has 1 aliphatic heterocycles. The number of rotatable bonds is 1. The third-order valence-corrected chi connectivity index (χ3v) is 3.07. The minimum Gasteiger partial charge on any atom is -0.452 e. The van der Waals surface area contributed by atoms with Gasteiger partial charge < -0.3 is 4.74 Å². The highest BCUT2D eigenvalue weighted by atomic mass is 16.5. The van der Waals surface area contributed by atoms with Gasteiger partial charge in [-0.2, -0.15) is 0 Å². The molecule has 1 amide bonds. The zero-order valence-electron chi connectivity index (χ0n) is 9.51. The van der Waals surface area contributed by atoms with E-state index in [9.17, 15) is 4.79 Å². The minimum atomic E-state index is -0.325. The lowest BCUT2D eigenvalue weighted by Gasteiger charge is -2.34. The normalized spacial score (nSPS) is 23.5. The molecule has 0 fully saturated rings. The largest absolute Gasteiger partial charge is 0.452 e.